The first-order chi connectivity index (χ1) is 7.10. The van der Waals surface area contributed by atoms with Crippen LogP contribution in [0.1, 0.15) is 15.9 Å². The Hall–Kier alpha value is -1.07. The molecule has 1 aromatic rings. The second-order valence-electron chi connectivity index (χ2n) is 2.88. The second-order valence-corrected chi connectivity index (χ2v) is 3.74. The smallest absolute Gasteiger partial charge is 0.339 e. The lowest BCUT2D eigenvalue weighted by Gasteiger charge is -2.09. The van der Waals surface area contributed by atoms with E-state index in [1.54, 1.807) is 13.2 Å². The Bertz CT molecular complexity index is 376. The van der Waals surface area contributed by atoms with Gasteiger partial charge in [0.1, 0.15) is 11.3 Å². The highest BCUT2D eigenvalue weighted by molar-refractivity contribution is 9.10. The van der Waals surface area contributed by atoms with E-state index in [2.05, 4.69) is 15.9 Å². The number of benzene rings is 1. The first-order valence-corrected chi connectivity index (χ1v) is 4.98. The largest absolute Gasteiger partial charge is 0.496 e. The Morgan fingerprint density at radius 3 is 2.60 bits per heavy atom. The maximum atomic E-state index is 10.9. The van der Waals surface area contributed by atoms with E-state index in [1.807, 2.05) is 0 Å². The van der Waals surface area contributed by atoms with Gasteiger partial charge in [0.25, 0.3) is 0 Å². The molecule has 0 saturated carbocycles. The van der Waals surface area contributed by atoms with Crippen LogP contribution in [0.3, 0.4) is 0 Å². The minimum atomic E-state index is -1.02. The van der Waals surface area contributed by atoms with Gasteiger partial charge in [-0.1, -0.05) is 15.9 Å². The molecular formula is C10H11BrO4. The molecule has 0 atom stereocenters. The summed E-state index contributed by atoms with van der Waals surface area (Å²) < 4.78 is 10.7. The van der Waals surface area contributed by atoms with Crippen LogP contribution < -0.4 is 4.74 Å². The van der Waals surface area contributed by atoms with Crippen LogP contribution >= 0.6 is 15.9 Å². The molecule has 0 aliphatic rings. The zero-order chi connectivity index (χ0) is 11.4. The molecule has 0 aromatic heterocycles. The predicted molar refractivity (Wildman–Crippen MR) is 58.4 cm³/mol. The summed E-state index contributed by atoms with van der Waals surface area (Å²) in [5.41, 5.74) is 0.976. The molecule has 0 amide bonds. The molecule has 0 aliphatic carbocycles. The van der Waals surface area contributed by atoms with E-state index in [9.17, 15) is 4.79 Å². The highest BCUT2D eigenvalue weighted by Gasteiger charge is 2.14. The molecule has 0 heterocycles. The number of carboxylic acid groups (broad SMARTS) is 1. The molecule has 1 rings (SSSR count). The third-order valence-corrected chi connectivity index (χ3v) is 2.64. The minimum Gasteiger partial charge on any atom is -0.496 e. The number of carbonyl (C=O) groups is 1. The van der Waals surface area contributed by atoms with Crippen LogP contribution in [0.25, 0.3) is 0 Å². The fraction of sp³-hybridized carbons (Fsp3) is 0.300. The molecule has 0 fully saturated rings. The number of halogens is 1. The molecule has 1 aromatic carbocycles. The minimum absolute atomic E-state index is 0.129. The Morgan fingerprint density at radius 2 is 2.13 bits per heavy atom. The van der Waals surface area contributed by atoms with Crippen molar-refractivity contribution < 1.29 is 19.4 Å². The first kappa shape index (κ1) is 12.0. The van der Waals surface area contributed by atoms with E-state index in [-0.39, 0.29) is 5.56 Å². The van der Waals surface area contributed by atoms with Crippen LogP contribution in [-0.2, 0) is 11.3 Å². The van der Waals surface area contributed by atoms with Crippen molar-refractivity contribution in [2.24, 2.45) is 0 Å². The highest BCUT2D eigenvalue weighted by atomic mass is 79.9. The van der Waals surface area contributed by atoms with E-state index in [0.29, 0.717) is 16.8 Å². The maximum absolute atomic E-state index is 10.9. The molecule has 5 heteroatoms. The number of methoxy groups -OCH3 is 2. The number of ether oxygens (including phenoxy) is 2. The summed E-state index contributed by atoms with van der Waals surface area (Å²) in [7, 11) is 3.01. The van der Waals surface area contributed by atoms with Crippen molar-refractivity contribution in [3.05, 3.63) is 27.7 Å². The fourth-order valence-electron chi connectivity index (χ4n) is 1.20. The Morgan fingerprint density at radius 1 is 1.47 bits per heavy atom. The average Bonchev–Trinajstić information content (AvgIpc) is 2.20. The third kappa shape index (κ3) is 2.70. The van der Waals surface area contributed by atoms with E-state index in [0.717, 1.165) is 5.56 Å². The number of rotatable bonds is 4. The summed E-state index contributed by atoms with van der Waals surface area (Å²) in [5.74, 6) is -0.686. The number of hydrogen-bond donors (Lipinski definition) is 1. The van der Waals surface area contributed by atoms with Gasteiger partial charge in [0.15, 0.2) is 0 Å². The molecule has 0 unspecified atom stereocenters. The van der Waals surface area contributed by atoms with Gasteiger partial charge in [-0.2, -0.15) is 0 Å². The van der Waals surface area contributed by atoms with Gasteiger partial charge in [0.2, 0.25) is 0 Å². The summed E-state index contributed by atoms with van der Waals surface area (Å²) in [6.07, 6.45) is 0. The summed E-state index contributed by atoms with van der Waals surface area (Å²) in [6.45, 7) is 0.400. The van der Waals surface area contributed by atoms with Crippen molar-refractivity contribution in [3.8, 4) is 5.75 Å². The van der Waals surface area contributed by atoms with Crippen molar-refractivity contribution >= 4 is 21.9 Å². The molecule has 0 radical (unpaired) electrons. The monoisotopic (exact) mass is 274 g/mol. The van der Waals surface area contributed by atoms with Gasteiger partial charge in [-0.25, -0.2) is 4.79 Å². The van der Waals surface area contributed by atoms with Gasteiger partial charge in [0, 0.05) is 11.6 Å². The summed E-state index contributed by atoms with van der Waals surface area (Å²) in [6, 6.07) is 3.16. The normalized spacial score (nSPS) is 10.1. The van der Waals surface area contributed by atoms with E-state index >= 15 is 0 Å². The second kappa shape index (κ2) is 5.14. The van der Waals surface area contributed by atoms with E-state index in [1.165, 1.54) is 13.2 Å². The van der Waals surface area contributed by atoms with E-state index in [4.69, 9.17) is 14.6 Å². The molecule has 0 spiro atoms. The Labute approximate surface area is 95.9 Å². The van der Waals surface area contributed by atoms with Crippen molar-refractivity contribution in [2.45, 2.75) is 6.61 Å². The number of hydrogen-bond acceptors (Lipinski definition) is 3. The van der Waals surface area contributed by atoms with Crippen molar-refractivity contribution in [2.75, 3.05) is 14.2 Å². The van der Waals surface area contributed by atoms with Gasteiger partial charge in [0.05, 0.1) is 13.7 Å². The van der Waals surface area contributed by atoms with Gasteiger partial charge >= 0.3 is 5.97 Å². The lowest BCUT2D eigenvalue weighted by Crippen LogP contribution is -2.02. The van der Waals surface area contributed by atoms with Crippen LogP contribution in [0.4, 0.5) is 0 Å². The van der Waals surface area contributed by atoms with Crippen LogP contribution in [0.2, 0.25) is 0 Å². The molecule has 15 heavy (non-hydrogen) atoms. The van der Waals surface area contributed by atoms with Crippen molar-refractivity contribution in [1.82, 2.24) is 0 Å². The van der Waals surface area contributed by atoms with Crippen LogP contribution in [0.15, 0.2) is 16.6 Å². The van der Waals surface area contributed by atoms with Gasteiger partial charge < -0.3 is 14.6 Å². The SMILES string of the molecule is COCc1cc(OC)c(C(=O)O)cc1Br. The van der Waals surface area contributed by atoms with Crippen molar-refractivity contribution in [1.29, 1.82) is 0 Å². The lowest BCUT2D eigenvalue weighted by molar-refractivity contribution is 0.0693. The number of aromatic carboxylic acids is 1. The first-order valence-electron chi connectivity index (χ1n) is 4.18. The van der Waals surface area contributed by atoms with Crippen molar-refractivity contribution in [3.63, 3.8) is 0 Å². The van der Waals surface area contributed by atoms with Crippen LogP contribution in [-0.4, -0.2) is 25.3 Å². The number of carboxylic acids is 1. The summed E-state index contributed by atoms with van der Waals surface area (Å²) >= 11 is 3.28. The van der Waals surface area contributed by atoms with Gasteiger partial charge in [-0.05, 0) is 17.7 Å². The average molecular weight is 275 g/mol. The molecule has 0 bridgehead atoms. The standard InChI is InChI=1S/C10H11BrO4/c1-14-5-6-3-9(15-2)7(10(12)13)4-8(6)11/h3-4H,5H2,1-2H3,(H,12,13). The fourth-order valence-corrected chi connectivity index (χ4v) is 1.66. The quantitative estimate of drug-likeness (QED) is 0.916. The molecule has 1 N–H and O–H groups in total. The molecule has 0 saturated heterocycles. The van der Waals surface area contributed by atoms with E-state index < -0.39 is 5.97 Å². The zero-order valence-corrected chi connectivity index (χ0v) is 10.00. The summed E-state index contributed by atoms with van der Waals surface area (Å²) in [4.78, 5) is 10.9. The highest BCUT2D eigenvalue weighted by Crippen LogP contribution is 2.27. The third-order valence-electron chi connectivity index (χ3n) is 1.90. The van der Waals surface area contributed by atoms with Crippen LogP contribution in [0, 0.1) is 0 Å². The summed E-state index contributed by atoms with van der Waals surface area (Å²) in [5, 5.41) is 8.91. The zero-order valence-electron chi connectivity index (χ0n) is 8.41. The predicted octanol–water partition coefficient (Wildman–Crippen LogP) is 2.30. The maximum Gasteiger partial charge on any atom is 0.339 e. The topological polar surface area (TPSA) is 55.8 Å². The molecule has 82 valence electrons. The van der Waals surface area contributed by atoms with Crippen LogP contribution in [0.5, 0.6) is 5.75 Å². The molecule has 0 aliphatic heterocycles. The Balaban J connectivity index is 3.22. The molecule has 4 nitrogen and oxygen atoms in total. The Kier molecular flexibility index (Phi) is 4.11. The lowest BCUT2D eigenvalue weighted by atomic mass is 10.1. The van der Waals surface area contributed by atoms with Gasteiger partial charge in [-0.15, -0.1) is 0 Å². The van der Waals surface area contributed by atoms with Gasteiger partial charge in [-0.3, -0.25) is 0 Å². The molecular weight excluding hydrogens is 264 g/mol.